The zero-order valence-corrected chi connectivity index (χ0v) is 42.3. The molecule has 2 nitrogen and oxygen atoms in total. The fraction of sp³-hybridized carbons (Fsp3) is 0.442. The van der Waals surface area contributed by atoms with Crippen LogP contribution in [0.25, 0.3) is 21.5 Å². The molecule has 1 aliphatic carbocycles. The van der Waals surface area contributed by atoms with E-state index >= 15 is 0 Å². The fourth-order valence-corrected chi connectivity index (χ4v) is 13.1. The Morgan fingerprint density at radius 3 is 1.58 bits per heavy atom. The number of rotatable bonds is 12. The van der Waals surface area contributed by atoms with Crippen LogP contribution in [0.3, 0.4) is 0 Å². The molecule has 2 heterocycles. The monoisotopic (exact) mass is 1110 g/mol. The summed E-state index contributed by atoms with van der Waals surface area (Å²) in [5.41, 5.74) is -18.7. The molecule has 2 aliphatic heterocycles. The van der Waals surface area contributed by atoms with Crippen molar-refractivity contribution >= 4 is 57.1 Å². The molecular weight excluding hydrogens is 1060 g/mol. The van der Waals surface area contributed by atoms with E-state index in [1.54, 1.807) is 0 Å². The summed E-state index contributed by atoms with van der Waals surface area (Å²) in [6.45, 7) is 1.19. The van der Waals surface area contributed by atoms with Gasteiger partial charge in [0.15, 0.2) is 5.71 Å². The van der Waals surface area contributed by atoms with Crippen molar-refractivity contribution in [2.75, 3.05) is 18.0 Å². The molecule has 0 bridgehead atoms. The molecule has 0 fully saturated rings. The number of benzene rings is 4. The Labute approximate surface area is 420 Å². The average molecular weight is 1110 g/mol. The number of unbranched alkanes of at least 4 members (excludes halogenated alkanes) is 2. The maximum absolute atomic E-state index is 15.0. The van der Waals surface area contributed by atoms with Crippen LogP contribution in [0.2, 0.25) is 0 Å². The molecule has 0 spiro atoms. The first-order valence-electron chi connectivity index (χ1n) is 23.4. The van der Waals surface area contributed by atoms with Crippen LogP contribution >= 0.6 is 18.5 Å². The zero-order chi connectivity index (χ0) is 55.7. The predicted molar refractivity (Wildman–Crippen MR) is 256 cm³/mol. The second-order valence-electron chi connectivity index (χ2n) is 19.7. The summed E-state index contributed by atoms with van der Waals surface area (Å²) in [6.07, 6.45) is -8.87. The number of allylic oxidation sites excluding steroid dienone is 8. The minimum absolute atomic E-state index is 0.111. The number of fused-ring (bicyclic) bond motifs is 6. The van der Waals surface area contributed by atoms with E-state index in [1.165, 1.54) is 79.4 Å². The summed E-state index contributed by atoms with van der Waals surface area (Å²) in [4.78, 5) is 2.58. The van der Waals surface area contributed by atoms with Gasteiger partial charge in [0.1, 0.15) is 6.54 Å². The second kappa shape index (κ2) is 18.8. The van der Waals surface area contributed by atoms with Crippen LogP contribution in [-0.4, -0.2) is 58.9 Å². The van der Waals surface area contributed by atoms with Crippen LogP contribution in [0, 0.1) is 0 Å². The molecule has 0 unspecified atom stereocenters. The van der Waals surface area contributed by atoms with Crippen molar-refractivity contribution in [3.8, 4) is 0 Å². The summed E-state index contributed by atoms with van der Waals surface area (Å²) in [7, 11) is 0. The first-order chi connectivity index (χ1) is 33.8. The Bertz CT molecular complexity index is 2920. The topological polar surface area (TPSA) is 6.25 Å². The molecule has 0 saturated heterocycles. The molecule has 0 atom stereocenters. The third-order valence-electron chi connectivity index (χ3n) is 14.1. The normalized spacial score (nSPS) is 19.9. The van der Waals surface area contributed by atoms with E-state index in [9.17, 15) is 78.4 Å². The van der Waals surface area contributed by atoms with Crippen LogP contribution in [-0.2, 0) is 10.8 Å². The number of hydrogen-bond acceptors (Lipinski definition) is 1. The van der Waals surface area contributed by atoms with Crippen molar-refractivity contribution in [3.05, 3.63) is 130 Å². The van der Waals surface area contributed by atoms with Crippen LogP contribution in [0.4, 0.5) is 89.8 Å². The van der Waals surface area contributed by atoms with Crippen molar-refractivity contribution in [2.24, 2.45) is 0 Å². The first-order valence-corrected chi connectivity index (χ1v) is 26.1. The molecule has 3 aliphatic rings. The number of nitrogens with zero attached hydrogens (tertiary/aromatic N) is 2. The van der Waals surface area contributed by atoms with Gasteiger partial charge in [0.05, 0.1) is 5.41 Å². The quantitative estimate of drug-likeness (QED) is 0.0778. The van der Waals surface area contributed by atoms with Crippen LogP contribution in [0.1, 0.15) is 97.6 Å². The Morgan fingerprint density at radius 2 is 1.08 bits per heavy atom. The van der Waals surface area contributed by atoms with E-state index in [-0.39, 0.29) is 10.8 Å². The van der Waals surface area contributed by atoms with E-state index in [2.05, 4.69) is 148 Å². The fourth-order valence-electron chi connectivity index (χ4n) is 10.1. The van der Waals surface area contributed by atoms with Gasteiger partial charge in [-0.15, -0.1) is 0 Å². The first kappa shape index (κ1) is 58.5. The average Bonchev–Trinajstić information content (AvgIpc) is 3.66. The summed E-state index contributed by atoms with van der Waals surface area (Å²) in [5, 5.41) is 6.28. The Balaban J connectivity index is 0.000000304. The van der Waals surface area contributed by atoms with Gasteiger partial charge in [0.2, 0.25) is 5.69 Å². The van der Waals surface area contributed by atoms with E-state index in [0.29, 0.717) is 0 Å². The van der Waals surface area contributed by atoms with E-state index in [4.69, 9.17) is 11.6 Å². The molecule has 0 N–H and O–H groups in total. The SMILES string of the molecule is CCCCN1/C(=C\C=C2/CCCC(/C=C/C3=[N+](CCCC)c4ccc5ccccc5c4C3(C)C)=C2Cl)C(C)(C)c2c1ccc1ccccc21.FC(F)(F)C(F)(F)[P-](F)(F)(F)(C(F)(F)C(F)(F)F)C(F)(F)C(F)(F)F. The molecule has 22 heteroatoms. The van der Waals surface area contributed by atoms with E-state index in [0.717, 1.165) is 50.2 Å². The molecular formula is C52H52ClF18N2P. The predicted octanol–water partition coefficient (Wildman–Crippen LogP) is 20.0. The molecule has 4 aromatic rings. The van der Waals surface area contributed by atoms with Gasteiger partial charge in [0, 0.05) is 52.5 Å². The Morgan fingerprint density at radius 1 is 0.595 bits per heavy atom. The summed E-state index contributed by atoms with van der Waals surface area (Å²) < 4.78 is 225. The van der Waals surface area contributed by atoms with E-state index in [1.807, 2.05) is 0 Å². The van der Waals surface area contributed by atoms with Gasteiger partial charge in [-0.2, -0.15) is 4.58 Å². The molecule has 0 saturated carbocycles. The summed E-state index contributed by atoms with van der Waals surface area (Å²) in [6, 6.07) is 27.0. The molecule has 7 rings (SSSR count). The zero-order valence-electron chi connectivity index (χ0n) is 40.6. The number of halogens is 19. The van der Waals surface area contributed by atoms with Crippen molar-refractivity contribution in [3.63, 3.8) is 0 Å². The number of hydrogen-bond donors (Lipinski definition) is 0. The number of anilines is 1. The molecule has 4 aromatic carbocycles. The van der Waals surface area contributed by atoms with Gasteiger partial charge in [-0.1, -0.05) is 119 Å². The van der Waals surface area contributed by atoms with Crippen LogP contribution in [0.5, 0.6) is 0 Å². The van der Waals surface area contributed by atoms with Gasteiger partial charge in [-0.05, 0) is 96.0 Å². The van der Waals surface area contributed by atoms with Crippen LogP contribution < -0.4 is 4.90 Å². The van der Waals surface area contributed by atoms with Crippen molar-refractivity contribution in [2.45, 2.75) is 133 Å². The van der Waals surface area contributed by atoms with Gasteiger partial charge in [-0.25, -0.2) is 0 Å². The van der Waals surface area contributed by atoms with Crippen molar-refractivity contribution in [1.82, 2.24) is 0 Å². The Hall–Kier alpha value is -4.71. The van der Waals surface area contributed by atoms with Gasteiger partial charge >= 0.3 is 121 Å². The van der Waals surface area contributed by atoms with Crippen molar-refractivity contribution < 1.29 is 83.0 Å². The van der Waals surface area contributed by atoms with Crippen molar-refractivity contribution in [1.29, 1.82) is 0 Å². The summed E-state index contributed by atoms with van der Waals surface area (Å²) in [5.74, 6) is 0. The second-order valence-corrected chi connectivity index (χ2v) is 24.3. The van der Waals surface area contributed by atoms with Gasteiger partial charge in [0.25, 0.3) is 0 Å². The Kier molecular flexibility index (Phi) is 14.9. The van der Waals surface area contributed by atoms with Gasteiger partial charge in [-0.3, -0.25) is 0 Å². The third-order valence-corrected chi connectivity index (χ3v) is 19.0. The number of alkyl halides is 15. The third kappa shape index (κ3) is 8.43. The van der Waals surface area contributed by atoms with E-state index < -0.39 is 42.4 Å². The van der Waals surface area contributed by atoms with Crippen LogP contribution in [0.15, 0.2) is 119 Å². The maximum atomic E-state index is 13.4. The molecule has 0 radical (unpaired) electrons. The standard InChI is InChI=1S/C46H52ClN2.C6F18P/c1-7-9-30-48-38-26-22-32-16-11-13-20-36(32)42(38)45(3,4)40(48)28-24-34-18-15-19-35(44(34)47)25-29-41-46(5,6)43-37-21-14-12-17-33(37)23-27-39(43)49(41)31-10-8-2;7-1(8,9)4(16,17)25(22,23,24,5(18,19)2(10,11)12)6(20,21)3(13,14)15/h11-14,16-17,20-29H,7-10,15,18-19,30-31H2,1-6H3;/q+1;-1. The minimum atomic E-state index is -15.0. The molecule has 408 valence electrons. The molecule has 0 amide bonds. The van der Waals surface area contributed by atoms with Gasteiger partial charge < -0.3 is 4.90 Å². The molecule has 74 heavy (non-hydrogen) atoms. The summed E-state index contributed by atoms with van der Waals surface area (Å²) >= 11 is 7.33. The molecule has 0 aromatic heterocycles.